The lowest BCUT2D eigenvalue weighted by Gasteiger charge is -2.25. The lowest BCUT2D eigenvalue weighted by molar-refractivity contribution is 0.172. The quantitative estimate of drug-likeness (QED) is 0.826. The van der Waals surface area contributed by atoms with Gasteiger partial charge < -0.3 is 24.1 Å². The molecule has 0 amide bonds. The maximum atomic E-state index is 5.83. The van der Waals surface area contributed by atoms with E-state index in [1.165, 1.54) is 0 Å². The van der Waals surface area contributed by atoms with Gasteiger partial charge in [-0.1, -0.05) is 0 Å². The van der Waals surface area contributed by atoms with E-state index in [4.69, 9.17) is 13.9 Å². The van der Waals surface area contributed by atoms with E-state index < -0.39 is 0 Å². The molecule has 2 aromatic rings. The van der Waals surface area contributed by atoms with Crippen LogP contribution in [0.15, 0.2) is 16.5 Å². The van der Waals surface area contributed by atoms with Gasteiger partial charge in [0.1, 0.15) is 18.7 Å². The molecule has 1 saturated heterocycles. The third kappa shape index (κ3) is 1.88. The lowest BCUT2D eigenvalue weighted by Crippen LogP contribution is -2.43. The predicted molar refractivity (Wildman–Crippen MR) is 70.1 cm³/mol. The van der Waals surface area contributed by atoms with Crippen molar-refractivity contribution in [2.75, 3.05) is 44.3 Å². The third-order valence-corrected chi connectivity index (χ3v) is 3.43. The summed E-state index contributed by atoms with van der Waals surface area (Å²) < 4.78 is 16.9. The van der Waals surface area contributed by atoms with Crippen LogP contribution >= 0.6 is 0 Å². The maximum absolute atomic E-state index is 5.83. The van der Waals surface area contributed by atoms with Crippen LogP contribution in [0.3, 0.4) is 0 Å². The molecule has 1 aromatic carbocycles. The van der Waals surface area contributed by atoms with Crippen molar-refractivity contribution in [1.82, 2.24) is 10.3 Å². The fourth-order valence-corrected chi connectivity index (χ4v) is 2.44. The molecule has 3 heterocycles. The molecule has 19 heavy (non-hydrogen) atoms. The van der Waals surface area contributed by atoms with Gasteiger partial charge in [0.05, 0.1) is 0 Å². The number of benzene rings is 1. The molecule has 0 bridgehead atoms. The van der Waals surface area contributed by atoms with Crippen LogP contribution in [-0.4, -0.2) is 44.4 Å². The van der Waals surface area contributed by atoms with E-state index in [0.717, 1.165) is 48.8 Å². The monoisotopic (exact) mass is 261 g/mol. The summed E-state index contributed by atoms with van der Waals surface area (Å²) in [6, 6.07) is 4.43. The Bertz CT molecular complexity index is 561. The standard InChI is InChI=1S/C13H15N3O3/c1-3-16(4-2-14-1)13-15-9-7-11-12(8-10(9)19-13)18-6-5-17-11/h7-8,14H,1-6H2. The molecule has 0 aliphatic carbocycles. The molecular formula is C13H15N3O3. The molecule has 0 saturated carbocycles. The first-order valence-corrected chi connectivity index (χ1v) is 6.56. The van der Waals surface area contributed by atoms with Crippen molar-refractivity contribution in [2.45, 2.75) is 0 Å². The summed E-state index contributed by atoms with van der Waals surface area (Å²) in [4.78, 5) is 6.69. The van der Waals surface area contributed by atoms with Crippen molar-refractivity contribution in [1.29, 1.82) is 0 Å². The minimum absolute atomic E-state index is 0.581. The van der Waals surface area contributed by atoms with Crippen LogP contribution in [0.5, 0.6) is 11.5 Å². The number of piperazine rings is 1. The lowest BCUT2D eigenvalue weighted by atomic mass is 10.2. The second-order valence-electron chi connectivity index (χ2n) is 4.70. The van der Waals surface area contributed by atoms with Crippen molar-refractivity contribution >= 4 is 17.1 Å². The molecule has 1 aromatic heterocycles. The summed E-state index contributed by atoms with van der Waals surface area (Å²) in [6.45, 7) is 4.92. The number of rotatable bonds is 1. The average molecular weight is 261 g/mol. The third-order valence-electron chi connectivity index (χ3n) is 3.43. The van der Waals surface area contributed by atoms with Crippen LogP contribution in [0.2, 0.25) is 0 Å². The van der Waals surface area contributed by atoms with Gasteiger partial charge >= 0.3 is 0 Å². The molecule has 100 valence electrons. The first-order valence-electron chi connectivity index (χ1n) is 6.56. The molecule has 0 atom stereocenters. The first kappa shape index (κ1) is 10.9. The molecule has 2 aliphatic heterocycles. The van der Waals surface area contributed by atoms with Gasteiger partial charge in [-0.2, -0.15) is 4.98 Å². The highest BCUT2D eigenvalue weighted by Crippen LogP contribution is 2.35. The Labute approximate surface area is 110 Å². The molecule has 6 nitrogen and oxygen atoms in total. The topological polar surface area (TPSA) is 59.8 Å². The van der Waals surface area contributed by atoms with Crippen LogP contribution < -0.4 is 19.7 Å². The SMILES string of the molecule is c1c2c(cc3oc(N4CCNCC4)nc13)OCCO2. The van der Waals surface area contributed by atoms with E-state index in [1.54, 1.807) is 0 Å². The van der Waals surface area contributed by atoms with E-state index >= 15 is 0 Å². The van der Waals surface area contributed by atoms with Gasteiger partial charge in [-0.05, 0) is 0 Å². The molecule has 4 rings (SSSR count). The number of ether oxygens (including phenoxy) is 2. The minimum atomic E-state index is 0.581. The van der Waals surface area contributed by atoms with Crippen molar-refractivity contribution in [3.63, 3.8) is 0 Å². The van der Waals surface area contributed by atoms with E-state index in [-0.39, 0.29) is 0 Å². The molecule has 0 unspecified atom stereocenters. The van der Waals surface area contributed by atoms with Gasteiger partial charge in [0, 0.05) is 38.3 Å². The Morgan fingerprint density at radius 1 is 1.05 bits per heavy atom. The number of fused-ring (bicyclic) bond motifs is 2. The van der Waals surface area contributed by atoms with E-state index in [1.807, 2.05) is 12.1 Å². The van der Waals surface area contributed by atoms with Gasteiger partial charge in [0.15, 0.2) is 17.1 Å². The normalized spacial score (nSPS) is 18.8. The molecule has 1 fully saturated rings. The second-order valence-corrected chi connectivity index (χ2v) is 4.70. The zero-order chi connectivity index (χ0) is 12.7. The molecule has 6 heteroatoms. The minimum Gasteiger partial charge on any atom is -0.486 e. The number of nitrogens with one attached hydrogen (secondary N) is 1. The Morgan fingerprint density at radius 2 is 1.79 bits per heavy atom. The fraction of sp³-hybridized carbons (Fsp3) is 0.462. The Kier molecular flexibility index (Phi) is 2.48. The van der Waals surface area contributed by atoms with Gasteiger partial charge in [-0.3, -0.25) is 0 Å². The summed E-state index contributed by atoms with van der Waals surface area (Å²) in [5.41, 5.74) is 1.57. The first-order chi connectivity index (χ1) is 9.40. The van der Waals surface area contributed by atoms with Crippen LogP contribution in [0, 0.1) is 0 Å². The van der Waals surface area contributed by atoms with Crippen LogP contribution in [0.1, 0.15) is 0 Å². The number of nitrogens with zero attached hydrogens (tertiary/aromatic N) is 2. The smallest absolute Gasteiger partial charge is 0.298 e. The van der Waals surface area contributed by atoms with Gasteiger partial charge in [-0.25, -0.2) is 0 Å². The number of oxazole rings is 1. The Morgan fingerprint density at radius 3 is 2.58 bits per heavy atom. The van der Waals surface area contributed by atoms with Crippen LogP contribution in [0.25, 0.3) is 11.1 Å². The second kappa shape index (κ2) is 4.31. The highest BCUT2D eigenvalue weighted by Gasteiger charge is 2.19. The highest BCUT2D eigenvalue weighted by atomic mass is 16.6. The highest BCUT2D eigenvalue weighted by molar-refractivity contribution is 5.79. The summed E-state index contributed by atoms with van der Waals surface area (Å²) in [7, 11) is 0. The molecule has 0 spiro atoms. The molecular weight excluding hydrogens is 246 g/mol. The Hall–Kier alpha value is -1.95. The van der Waals surface area contributed by atoms with Gasteiger partial charge in [0.25, 0.3) is 6.01 Å². The van der Waals surface area contributed by atoms with Crippen molar-refractivity contribution in [3.05, 3.63) is 12.1 Å². The number of hydrogen-bond donors (Lipinski definition) is 1. The average Bonchev–Trinajstić information content (AvgIpc) is 2.88. The summed E-state index contributed by atoms with van der Waals surface area (Å²) in [5.74, 6) is 1.49. The largest absolute Gasteiger partial charge is 0.486 e. The van der Waals surface area contributed by atoms with Crippen LogP contribution in [0.4, 0.5) is 6.01 Å². The van der Waals surface area contributed by atoms with E-state index in [2.05, 4.69) is 15.2 Å². The summed E-state index contributed by atoms with van der Waals surface area (Å²) >= 11 is 0. The number of aromatic nitrogens is 1. The summed E-state index contributed by atoms with van der Waals surface area (Å²) in [5, 5.41) is 3.31. The number of anilines is 1. The molecule has 1 N–H and O–H groups in total. The van der Waals surface area contributed by atoms with Crippen molar-refractivity contribution < 1.29 is 13.9 Å². The van der Waals surface area contributed by atoms with E-state index in [0.29, 0.717) is 19.2 Å². The zero-order valence-electron chi connectivity index (χ0n) is 10.5. The zero-order valence-corrected chi connectivity index (χ0v) is 10.5. The Balaban J connectivity index is 1.73. The molecule has 0 radical (unpaired) electrons. The van der Waals surface area contributed by atoms with Crippen molar-refractivity contribution in [3.8, 4) is 11.5 Å². The van der Waals surface area contributed by atoms with Gasteiger partial charge in [0.2, 0.25) is 0 Å². The predicted octanol–water partition coefficient (Wildman–Crippen LogP) is 1.01. The van der Waals surface area contributed by atoms with Gasteiger partial charge in [-0.15, -0.1) is 0 Å². The van der Waals surface area contributed by atoms with Crippen molar-refractivity contribution in [2.24, 2.45) is 0 Å². The maximum Gasteiger partial charge on any atom is 0.298 e. The summed E-state index contributed by atoms with van der Waals surface area (Å²) in [6.07, 6.45) is 0. The number of hydrogen-bond acceptors (Lipinski definition) is 6. The molecule has 2 aliphatic rings. The van der Waals surface area contributed by atoms with Crippen LogP contribution in [-0.2, 0) is 0 Å². The fourth-order valence-electron chi connectivity index (χ4n) is 2.44. The van der Waals surface area contributed by atoms with E-state index in [9.17, 15) is 0 Å².